The third kappa shape index (κ3) is 3.96. The van der Waals surface area contributed by atoms with Crippen molar-refractivity contribution in [2.24, 2.45) is 0 Å². The van der Waals surface area contributed by atoms with Gasteiger partial charge in [-0.05, 0) is 49.2 Å². The Morgan fingerprint density at radius 2 is 1.83 bits per heavy atom. The molecule has 2 N–H and O–H groups in total. The van der Waals surface area contributed by atoms with E-state index in [9.17, 15) is 4.79 Å². The van der Waals surface area contributed by atoms with E-state index in [2.05, 4.69) is 10.6 Å². The van der Waals surface area contributed by atoms with Crippen LogP contribution < -0.4 is 10.6 Å². The Balaban J connectivity index is 1.65. The highest BCUT2D eigenvalue weighted by molar-refractivity contribution is 6.43. The van der Waals surface area contributed by atoms with Crippen LogP contribution in [0.2, 0.25) is 10.0 Å². The Morgan fingerprint density at radius 1 is 1.09 bits per heavy atom. The van der Waals surface area contributed by atoms with E-state index in [0.717, 1.165) is 29.9 Å². The predicted molar refractivity (Wildman–Crippen MR) is 93.8 cm³/mol. The molecule has 1 amide bonds. The molecule has 3 rings (SSSR count). The van der Waals surface area contributed by atoms with Crippen molar-refractivity contribution in [2.75, 3.05) is 17.2 Å². The van der Waals surface area contributed by atoms with Gasteiger partial charge in [0.15, 0.2) is 0 Å². The molecule has 1 fully saturated rings. The molecule has 120 valence electrons. The van der Waals surface area contributed by atoms with Crippen LogP contribution >= 0.6 is 23.2 Å². The lowest BCUT2D eigenvalue weighted by Gasteiger charge is -2.12. The molecule has 2 aromatic rings. The molecule has 6 heteroatoms. The molecule has 23 heavy (non-hydrogen) atoms. The first kappa shape index (κ1) is 16.1. The number of carbonyl (C=O) groups excluding carboxylic acids is 1. The molecule has 0 saturated carbocycles. The van der Waals surface area contributed by atoms with E-state index in [0.29, 0.717) is 16.7 Å². The van der Waals surface area contributed by atoms with Gasteiger partial charge in [0.25, 0.3) is 5.91 Å². The highest BCUT2D eigenvalue weighted by Crippen LogP contribution is 2.32. The van der Waals surface area contributed by atoms with E-state index in [1.807, 2.05) is 36.4 Å². The highest BCUT2D eigenvalue weighted by atomic mass is 35.5. The topological polar surface area (TPSA) is 50.4 Å². The molecule has 1 aliphatic heterocycles. The zero-order chi connectivity index (χ0) is 16.2. The number of ether oxygens (including phenoxy) is 1. The molecular formula is C17H16Cl2N2O2. The summed E-state index contributed by atoms with van der Waals surface area (Å²) in [7, 11) is 0. The van der Waals surface area contributed by atoms with Crippen LogP contribution in [0.25, 0.3) is 0 Å². The van der Waals surface area contributed by atoms with Gasteiger partial charge < -0.3 is 15.4 Å². The van der Waals surface area contributed by atoms with E-state index in [1.54, 1.807) is 6.07 Å². The lowest BCUT2D eigenvalue weighted by atomic mass is 10.2. The quantitative estimate of drug-likeness (QED) is 0.828. The summed E-state index contributed by atoms with van der Waals surface area (Å²) in [4.78, 5) is 12.0. The predicted octanol–water partition coefficient (Wildman–Crippen LogP) is 4.85. The van der Waals surface area contributed by atoms with E-state index >= 15 is 0 Å². The Bertz CT molecular complexity index is 698. The van der Waals surface area contributed by atoms with Crippen molar-refractivity contribution in [1.29, 1.82) is 0 Å². The summed E-state index contributed by atoms with van der Waals surface area (Å²) >= 11 is 12.1. The fraction of sp³-hybridized carbons (Fsp3) is 0.235. The van der Waals surface area contributed by atoms with Gasteiger partial charge in [-0.15, -0.1) is 0 Å². The summed E-state index contributed by atoms with van der Waals surface area (Å²) in [5.41, 5.74) is 2.31. The smallest absolute Gasteiger partial charge is 0.253 e. The first-order valence-electron chi connectivity index (χ1n) is 7.37. The number of halogens is 2. The van der Waals surface area contributed by atoms with E-state index in [1.165, 1.54) is 0 Å². The van der Waals surface area contributed by atoms with Crippen molar-refractivity contribution >= 4 is 46.2 Å². The van der Waals surface area contributed by atoms with Crippen LogP contribution in [0.4, 0.5) is 17.1 Å². The Morgan fingerprint density at radius 3 is 2.52 bits per heavy atom. The largest absolute Gasteiger partial charge is 0.368 e. The van der Waals surface area contributed by atoms with Crippen LogP contribution in [-0.2, 0) is 9.53 Å². The first-order valence-corrected chi connectivity index (χ1v) is 8.12. The second-order valence-corrected chi connectivity index (χ2v) is 6.08. The molecule has 0 aromatic heterocycles. The molecule has 0 radical (unpaired) electrons. The minimum Gasteiger partial charge on any atom is -0.368 e. The van der Waals surface area contributed by atoms with Crippen LogP contribution in [0.3, 0.4) is 0 Å². The zero-order valence-electron chi connectivity index (χ0n) is 12.3. The maximum Gasteiger partial charge on any atom is 0.253 e. The summed E-state index contributed by atoms with van der Waals surface area (Å²) in [6, 6.07) is 12.8. The van der Waals surface area contributed by atoms with Gasteiger partial charge in [0.2, 0.25) is 0 Å². The van der Waals surface area contributed by atoms with Gasteiger partial charge in [-0.3, -0.25) is 4.79 Å². The SMILES string of the molecule is O=C(Nc1ccc(Nc2cccc(Cl)c2Cl)cc1)C1CCCO1. The average Bonchev–Trinajstić information content (AvgIpc) is 3.08. The third-order valence-corrected chi connectivity index (χ3v) is 4.42. The van der Waals surface area contributed by atoms with E-state index < -0.39 is 0 Å². The van der Waals surface area contributed by atoms with Gasteiger partial charge in [-0.2, -0.15) is 0 Å². The van der Waals surface area contributed by atoms with Crippen LogP contribution in [-0.4, -0.2) is 18.6 Å². The molecule has 1 heterocycles. The summed E-state index contributed by atoms with van der Waals surface area (Å²) in [5.74, 6) is -0.0962. The molecule has 0 aliphatic carbocycles. The van der Waals surface area contributed by atoms with Crippen molar-refractivity contribution in [3.8, 4) is 0 Å². The molecule has 1 saturated heterocycles. The highest BCUT2D eigenvalue weighted by Gasteiger charge is 2.23. The van der Waals surface area contributed by atoms with Crippen molar-refractivity contribution in [3.63, 3.8) is 0 Å². The van der Waals surface area contributed by atoms with Gasteiger partial charge >= 0.3 is 0 Å². The van der Waals surface area contributed by atoms with Crippen molar-refractivity contribution in [1.82, 2.24) is 0 Å². The third-order valence-electron chi connectivity index (χ3n) is 3.61. The second kappa shape index (κ2) is 7.21. The lowest BCUT2D eigenvalue weighted by Crippen LogP contribution is -2.26. The number of hydrogen-bond donors (Lipinski definition) is 2. The minimum atomic E-state index is -0.335. The van der Waals surface area contributed by atoms with Crippen LogP contribution in [0.1, 0.15) is 12.8 Å². The number of benzene rings is 2. The minimum absolute atomic E-state index is 0.0962. The van der Waals surface area contributed by atoms with E-state index in [4.69, 9.17) is 27.9 Å². The summed E-state index contributed by atoms with van der Waals surface area (Å²) in [5, 5.41) is 7.03. The van der Waals surface area contributed by atoms with Gasteiger partial charge in [0, 0.05) is 18.0 Å². The maximum atomic E-state index is 12.0. The second-order valence-electron chi connectivity index (χ2n) is 5.29. The number of carbonyl (C=O) groups is 1. The maximum absolute atomic E-state index is 12.0. The van der Waals surface area contributed by atoms with Crippen molar-refractivity contribution in [2.45, 2.75) is 18.9 Å². The molecule has 1 unspecified atom stereocenters. The number of anilines is 3. The number of hydrogen-bond acceptors (Lipinski definition) is 3. The molecule has 0 spiro atoms. The normalized spacial score (nSPS) is 17.0. The van der Waals surface area contributed by atoms with Crippen molar-refractivity contribution in [3.05, 3.63) is 52.5 Å². The summed E-state index contributed by atoms with van der Waals surface area (Å²) in [6.45, 7) is 0.654. The average molecular weight is 351 g/mol. The number of amides is 1. The summed E-state index contributed by atoms with van der Waals surface area (Å²) < 4.78 is 5.36. The zero-order valence-corrected chi connectivity index (χ0v) is 13.8. The molecule has 0 bridgehead atoms. The van der Waals surface area contributed by atoms with Gasteiger partial charge in [0.05, 0.1) is 15.7 Å². The van der Waals surface area contributed by atoms with E-state index in [-0.39, 0.29) is 12.0 Å². The Labute approximate surface area is 144 Å². The lowest BCUT2D eigenvalue weighted by molar-refractivity contribution is -0.124. The summed E-state index contributed by atoms with van der Waals surface area (Å²) in [6.07, 6.45) is 1.37. The molecular weight excluding hydrogens is 335 g/mol. The molecule has 1 atom stereocenters. The number of rotatable bonds is 4. The molecule has 1 aliphatic rings. The Hall–Kier alpha value is -1.75. The van der Waals surface area contributed by atoms with Gasteiger partial charge in [0.1, 0.15) is 6.10 Å². The van der Waals surface area contributed by atoms with Crippen LogP contribution in [0, 0.1) is 0 Å². The van der Waals surface area contributed by atoms with Gasteiger partial charge in [-0.1, -0.05) is 29.3 Å². The standard InChI is InChI=1S/C17H16Cl2N2O2/c18-13-3-1-4-14(16(13)19)20-11-6-8-12(9-7-11)21-17(22)15-5-2-10-23-15/h1,3-4,6-9,15,20H,2,5,10H2,(H,21,22). The molecule has 4 nitrogen and oxygen atoms in total. The Kier molecular flexibility index (Phi) is 5.06. The van der Waals surface area contributed by atoms with Gasteiger partial charge in [-0.25, -0.2) is 0 Å². The van der Waals surface area contributed by atoms with Crippen LogP contribution in [0.15, 0.2) is 42.5 Å². The number of nitrogens with one attached hydrogen (secondary N) is 2. The van der Waals surface area contributed by atoms with Crippen molar-refractivity contribution < 1.29 is 9.53 Å². The first-order chi connectivity index (χ1) is 11.1. The fourth-order valence-electron chi connectivity index (χ4n) is 2.40. The van der Waals surface area contributed by atoms with Crippen LogP contribution in [0.5, 0.6) is 0 Å². The molecule has 2 aromatic carbocycles. The fourth-order valence-corrected chi connectivity index (χ4v) is 2.75. The monoisotopic (exact) mass is 350 g/mol.